The summed E-state index contributed by atoms with van der Waals surface area (Å²) in [6.07, 6.45) is 3.04. The zero-order valence-corrected chi connectivity index (χ0v) is 14.2. The highest BCUT2D eigenvalue weighted by atomic mass is 79.9. The molecule has 0 radical (unpaired) electrons. The molecule has 0 bridgehead atoms. The smallest absolute Gasteiger partial charge is 0.341 e. The summed E-state index contributed by atoms with van der Waals surface area (Å²) in [4.78, 5) is 23.6. The normalized spacial score (nSPS) is 10.2. The molecular formula is C16H15BrNO5+. The first-order valence-electron chi connectivity index (χ1n) is 6.62. The van der Waals surface area contributed by atoms with Crippen molar-refractivity contribution < 1.29 is 28.7 Å². The third-order valence-electron chi connectivity index (χ3n) is 3.17. The van der Waals surface area contributed by atoms with Gasteiger partial charge in [0.1, 0.15) is 17.1 Å². The molecule has 0 amide bonds. The Bertz CT molecular complexity index is 760. The molecule has 0 fully saturated rings. The molecule has 0 aliphatic heterocycles. The fourth-order valence-electron chi connectivity index (χ4n) is 2.09. The largest absolute Gasteiger partial charge is 0.497 e. The van der Waals surface area contributed by atoms with Crippen LogP contribution in [-0.2, 0) is 6.54 Å². The fraction of sp³-hybridized carbons (Fsp3) is 0.188. The van der Waals surface area contributed by atoms with Crippen LogP contribution in [0, 0.1) is 0 Å². The van der Waals surface area contributed by atoms with E-state index < -0.39 is 5.97 Å². The highest BCUT2D eigenvalue weighted by Gasteiger charge is 2.20. The van der Waals surface area contributed by atoms with Gasteiger partial charge in [0.05, 0.1) is 24.3 Å². The number of carbonyl (C=O) groups is 2. The van der Waals surface area contributed by atoms with Crippen molar-refractivity contribution in [2.45, 2.75) is 6.54 Å². The number of nitrogens with zero attached hydrogens (tertiary/aromatic N) is 1. The second kappa shape index (κ2) is 7.23. The topological polar surface area (TPSA) is 76.7 Å². The average molecular weight is 381 g/mol. The van der Waals surface area contributed by atoms with Gasteiger partial charge in [0, 0.05) is 0 Å². The minimum atomic E-state index is -1.06. The molecule has 0 saturated carbocycles. The third-order valence-corrected chi connectivity index (χ3v) is 3.60. The molecule has 2 aromatic rings. The van der Waals surface area contributed by atoms with Crippen molar-refractivity contribution in [1.82, 2.24) is 0 Å². The first-order valence-corrected chi connectivity index (χ1v) is 7.42. The standard InChI is InChI=1S/C16H14BrNO5/c1-22-12-3-4-15(23-2)13(6-12)14(19)9-18-7-10(16(20)21)5-11(17)8-18/h3-8H,9H2,1-2H3/p+1. The van der Waals surface area contributed by atoms with Crippen molar-refractivity contribution >= 4 is 27.7 Å². The Hall–Kier alpha value is -2.41. The van der Waals surface area contributed by atoms with E-state index in [2.05, 4.69) is 15.9 Å². The van der Waals surface area contributed by atoms with Crippen LogP contribution in [0.4, 0.5) is 0 Å². The SMILES string of the molecule is COc1ccc(OC)c(C(=O)C[n+]2cc(Br)cc(C(=O)O)c2)c1. The lowest BCUT2D eigenvalue weighted by Gasteiger charge is -2.08. The van der Waals surface area contributed by atoms with Crippen LogP contribution in [0.3, 0.4) is 0 Å². The summed E-state index contributed by atoms with van der Waals surface area (Å²) >= 11 is 3.24. The minimum Gasteiger partial charge on any atom is -0.497 e. The number of hydrogen-bond donors (Lipinski definition) is 1. The number of aromatic nitrogens is 1. The fourth-order valence-corrected chi connectivity index (χ4v) is 2.60. The van der Waals surface area contributed by atoms with E-state index in [-0.39, 0.29) is 17.9 Å². The quantitative estimate of drug-likeness (QED) is 0.614. The number of carboxylic acids is 1. The molecule has 1 N–H and O–H groups in total. The Kier molecular flexibility index (Phi) is 5.33. The van der Waals surface area contributed by atoms with E-state index in [1.807, 2.05) is 0 Å². The van der Waals surface area contributed by atoms with Gasteiger partial charge in [-0.05, 0) is 40.2 Å². The van der Waals surface area contributed by atoms with Crippen molar-refractivity contribution in [2.75, 3.05) is 14.2 Å². The van der Waals surface area contributed by atoms with Crippen LogP contribution in [0.1, 0.15) is 20.7 Å². The van der Waals surface area contributed by atoms with Crippen molar-refractivity contribution in [2.24, 2.45) is 0 Å². The molecule has 0 aliphatic rings. The summed E-state index contributed by atoms with van der Waals surface area (Å²) in [6, 6.07) is 6.41. The van der Waals surface area contributed by atoms with Crippen molar-refractivity contribution in [1.29, 1.82) is 0 Å². The number of methoxy groups -OCH3 is 2. The molecule has 1 heterocycles. The van der Waals surface area contributed by atoms with Crippen LogP contribution in [0.5, 0.6) is 11.5 Å². The van der Waals surface area contributed by atoms with Crippen LogP contribution in [0.15, 0.2) is 41.1 Å². The number of pyridine rings is 1. The summed E-state index contributed by atoms with van der Waals surface area (Å²) in [5.74, 6) is -0.309. The summed E-state index contributed by atoms with van der Waals surface area (Å²) in [7, 11) is 2.99. The van der Waals surface area contributed by atoms with Gasteiger partial charge < -0.3 is 14.6 Å². The minimum absolute atomic E-state index is 0.0246. The van der Waals surface area contributed by atoms with Gasteiger partial charge in [0.2, 0.25) is 12.3 Å². The van der Waals surface area contributed by atoms with E-state index in [0.717, 1.165) is 0 Å². The number of carboxylic acid groups (broad SMARTS) is 1. The van der Waals surface area contributed by atoms with Crippen LogP contribution in [-0.4, -0.2) is 31.1 Å². The molecule has 120 valence electrons. The molecule has 1 aromatic heterocycles. The molecular weight excluding hydrogens is 366 g/mol. The number of carbonyl (C=O) groups excluding carboxylic acids is 1. The lowest BCUT2D eigenvalue weighted by Crippen LogP contribution is -2.38. The maximum Gasteiger partial charge on any atom is 0.341 e. The molecule has 0 spiro atoms. The van der Waals surface area contributed by atoms with Gasteiger partial charge in [0.15, 0.2) is 12.4 Å². The number of ether oxygens (including phenoxy) is 2. The molecule has 0 aliphatic carbocycles. The van der Waals surface area contributed by atoms with Gasteiger partial charge in [-0.1, -0.05) is 0 Å². The van der Waals surface area contributed by atoms with E-state index in [0.29, 0.717) is 21.5 Å². The van der Waals surface area contributed by atoms with Gasteiger partial charge in [-0.3, -0.25) is 4.79 Å². The van der Waals surface area contributed by atoms with Crippen LogP contribution < -0.4 is 14.0 Å². The summed E-state index contributed by atoms with van der Waals surface area (Å²) in [5, 5.41) is 9.08. The second-order valence-electron chi connectivity index (χ2n) is 4.71. The molecule has 7 heteroatoms. The Balaban J connectivity index is 2.34. The predicted molar refractivity (Wildman–Crippen MR) is 85.2 cm³/mol. The molecule has 1 aromatic carbocycles. The number of benzene rings is 1. The molecule has 6 nitrogen and oxygen atoms in total. The molecule has 0 atom stereocenters. The Morgan fingerprint density at radius 2 is 1.91 bits per heavy atom. The maximum absolute atomic E-state index is 12.5. The average Bonchev–Trinajstić information content (AvgIpc) is 2.53. The summed E-state index contributed by atoms with van der Waals surface area (Å²) in [6.45, 7) is -0.0246. The van der Waals surface area contributed by atoms with Crippen LogP contribution in [0.25, 0.3) is 0 Å². The highest BCUT2D eigenvalue weighted by molar-refractivity contribution is 9.10. The van der Waals surface area contributed by atoms with Gasteiger partial charge in [-0.2, -0.15) is 4.57 Å². The predicted octanol–water partition coefficient (Wildman–Crippen LogP) is 2.33. The van der Waals surface area contributed by atoms with E-state index in [9.17, 15) is 9.59 Å². The Morgan fingerprint density at radius 1 is 1.17 bits per heavy atom. The van der Waals surface area contributed by atoms with E-state index in [1.165, 1.54) is 31.0 Å². The van der Waals surface area contributed by atoms with Crippen molar-refractivity contribution in [3.63, 3.8) is 0 Å². The highest BCUT2D eigenvalue weighted by Crippen LogP contribution is 2.24. The lowest BCUT2D eigenvalue weighted by molar-refractivity contribution is -0.683. The number of hydrogen-bond acceptors (Lipinski definition) is 4. The summed E-state index contributed by atoms with van der Waals surface area (Å²) < 4.78 is 12.4. The Morgan fingerprint density at radius 3 is 2.52 bits per heavy atom. The zero-order valence-electron chi connectivity index (χ0n) is 12.6. The van der Waals surface area contributed by atoms with E-state index in [1.54, 1.807) is 24.4 Å². The number of Topliss-reactive ketones (excluding diaryl/α,β-unsaturated/α-hetero) is 1. The van der Waals surface area contributed by atoms with Crippen molar-refractivity contribution in [3.05, 3.63) is 52.3 Å². The van der Waals surface area contributed by atoms with Gasteiger partial charge in [-0.15, -0.1) is 0 Å². The van der Waals surface area contributed by atoms with Gasteiger partial charge in [0.25, 0.3) is 0 Å². The molecule has 2 rings (SSSR count). The number of aromatic carboxylic acids is 1. The molecule has 0 unspecified atom stereocenters. The maximum atomic E-state index is 12.5. The molecule has 0 saturated heterocycles. The van der Waals surface area contributed by atoms with E-state index >= 15 is 0 Å². The van der Waals surface area contributed by atoms with Gasteiger partial charge >= 0.3 is 5.97 Å². The summed E-state index contributed by atoms with van der Waals surface area (Å²) in [5.41, 5.74) is 0.459. The van der Waals surface area contributed by atoms with Crippen molar-refractivity contribution in [3.8, 4) is 11.5 Å². The van der Waals surface area contributed by atoms with E-state index in [4.69, 9.17) is 14.6 Å². The number of ketones is 1. The first-order chi connectivity index (χ1) is 10.9. The van der Waals surface area contributed by atoms with Crippen LogP contribution >= 0.6 is 15.9 Å². The number of halogens is 1. The first kappa shape index (κ1) is 17.0. The monoisotopic (exact) mass is 380 g/mol. The second-order valence-corrected chi connectivity index (χ2v) is 5.63. The molecule has 23 heavy (non-hydrogen) atoms. The zero-order chi connectivity index (χ0) is 17.0. The number of rotatable bonds is 6. The Labute approximate surface area is 141 Å². The van der Waals surface area contributed by atoms with Gasteiger partial charge in [-0.25, -0.2) is 4.79 Å². The third kappa shape index (κ3) is 4.07. The van der Waals surface area contributed by atoms with Crippen LogP contribution in [0.2, 0.25) is 0 Å². The lowest BCUT2D eigenvalue weighted by atomic mass is 10.1.